The van der Waals surface area contributed by atoms with Crippen LogP contribution in [0.25, 0.3) is 0 Å². The van der Waals surface area contributed by atoms with Gasteiger partial charge in [-0.1, -0.05) is 12.1 Å². The Balaban J connectivity index is 2.37. The SMILES string of the molecule is CCOC(=O)C1(C)CNc2ccccc2C1=O. The van der Waals surface area contributed by atoms with Gasteiger partial charge in [0, 0.05) is 17.8 Å². The number of esters is 1. The van der Waals surface area contributed by atoms with Crippen LogP contribution in [0.5, 0.6) is 0 Å². The number of para-hydroxylation sites is 1. The van der Waals surface area contributed by atoms with Gasteiger partial charge < -0.3 is 10.1 Å². The lowest BCUT2D eigenvalue weighted by molar-refractivity contribution is -0.150. The molecule has 0 fully saturated rings. The van der Waals surface area contributed by atoms with Crippen molar-refractivity contribution < 1.29 is 14.3 Å². The third-order valence-corrected chi connectivity index (χ3v) is 3.03. The van der Waals surface area contributed by atoms with Crippen molar-refractivity contribution in [2.45, 2.75) is 13.8 Å². The van der Waals surface area contributed by atoms with Gasteiger partial charge in [0.15, 0.2) is 5.78 Å². The molecule has 90 valence electrons. The highest BCUT2D eigenvalue weighted by molar-refractivity contribution is 6.16. The van der Waals surface area contributed by atoms with Crippen LogP contribution in [0, 0.1) is 5.41 Å². The Hall–Kier alpha value is -1.84. The Labute approximate surface area is 100.0 Å². The van der Waals surface area contributed by atoms with Crippen molar-refractivity contribution in [3.63, 3.8) is 0 Å². The molecule has 0 bridgehead atoms. The zero-order chi connectivity index (χ0) is 12.5. The lowest BCUT2D eigenvalue weighted by Crippen LogP contribution is -2.46. The summed E-state index contributed by atoms with van der Waals surface area (Å²) in [5.74, 6) is -0.641. The first kappa shape index (κ1) is 11.6. The summed E-state index contributed by atoms with van der Waals surface area (Å²) in [5, 5.41) is 3.10. The molecule has 0 aliphatic carbocycles. The number of benzene rings is 1. The second-order valence-corrected chi connectivity index (χ2v) is 4.28. The van der Waals surface area contributed by atoms with E-state index in [1.807, 2.05) is 12.1 Å². The predicted octanol–water partition coefficient (Wildman–Crippen LogP) is 1.86. The largest absolute Gasteiger partial charge is 0.465 e. The zero-order valence-electron chi connectivity index (χ0n) is 9.95. The lowest BCUT2D eigenvalue weighted by atomic mass is 9.79. The number of nitrogens with one attached hydrogen (secondary N) is 1. The van der Waals surface area contributed by atoms with Gasteiger partial charge >= 0.3 is 5.97 Å². The predicted molar refractivity (Wildman–Crippen MR) is 64.0 cm³/mol. The number of hydrogen-bond acceptors (Lipinski definition) is 4. The molecular weight excluding hydrogens is 218 g/mol. The first-order chi connectivity index (χ1) is 8.09. The normalized spacial score (nSPS) is 22.6. The number of ketones is 1. The van der Waals surface area contributed by atoms with Crippen LogP contribution in [0.3, 0.4) is 0 Å². The van der Waals surface area contributed by atoms with Crippen LogP contribution in [-0.2, 0) is 9.53 Å². The molecule has 1 aliphatic heterocycles. The van der Waals surface area contributed by atoms with Gasteiger partial charge in [0.25, 0.3) is 0 Å². The van der Waals surface area contributed by atoms with E-state index in [2.05, 4.69) is 5.32 Å². The van der Waals surface area contributed by atoms with Crippen LogP contribution in [-0.4, -0.2) is 24.9 Å². The molecule has 1 aliphatic rings. The minimum atomic E-state index is -1.12. The monoisotopic (exact) mass is 233 g/mol. The van der Waals surface area contributed by atoms with Gasteiger partial charge in [0.2, 0.25) is 0 Å². The summed E-state index contributed by atoms with van der Waals surface area (Å²) in [6.07, 6.45) is 0. The van der Waals surface area contributed by atoms with Crippen LogP contribution >= 0.6 is 0 Å². The molecule has 0 saturated heterocycles. The van der Waals surface area contributed by atoms with E-state index >= 15 is 0 Å². The van der Waals surface area contributed by atoms with Gasteiger partial charge in [-0.05, 0) is 26.0 Å². The Morgan fingerprint density at radius 3 is 2.88 bits per heavy atom. The molecule has 4 nitrogen and oxygen atoms in total. The average Bonchev–Trinajstić information content (AvgIpc) is 2.35. The van der Waals surface area contributed by atoms with Gasteiger partial charge in [0.05, 0.1) is 6.61 Å². The summed E-state index contributed by atoms with van der Waals surface area (Å²) < 4.78 is 4.97. The fourth-order valence-electron chi connectivity index (χ4n) is 1.94. The van der Waals surface area contributed by atoms with Gasteiger partial charge in [0.1, 0.15) is 5.41 Å². The number of hydrogen-bond donors (Lipinski definition) is 1. The second-order valence-electron chi connectivity index (χ2n) is 4.28. The summed E-state index contributed by atoms with van der Waals surface area (Å²) in [7, 11) is 0. The van der Waals surface area contributed by atoms with Crippen molar-refractivity contribution in [2.24, 2.45) is 5.41 Å². The van der Waals surface area contributed by atoms with E-state index in [9.17, 15) is 9.59 Å². The van der Waals surface area contributed by atoms with E-state index in [0.717, 1.165) is 5.69 Å². The molecule has 4 heteroatoms. The molecule has 1 aromatic carbocycles. The minimum absolute atomic E-state index is 0.176. The first-order valence-electron chi connectivity index (χ1n) is 5.64. The number of anilines is 1. The lowest BCUT2D eigenvalue weighted by Gasteiger charge is -2.31. The van der Waals surface area contributed by atoms with Gasteiger partial charge in [-0.3, -0.25) is 9.59 Å². The summed E-state index contributed by atoms with van der Waals surface area (Å²) in [4.78, 5) is 24.2. The summed E-state index contributed by atoms with van der Waals surface area (Å²) in [6, 6.07) is 7.20. The average molecular weight is 233 g/mol. The van der Waals surface area contributed by atoms with E-state index < -0.39 is 11.4 Å². The van der Waals surface area contributed by atoms with Gasteiger partial charge in [-0.2, -0.15) is 0 Å². The number of ether oxygens (including phenoxy) is 1. The topological polar surface area (TPSA) is 55.4 Å². The van der Waals surface area contributed by atoms with Crippen LogP contribution in [0.2, 0.25) is 0 Å². The second kappa shape index (κ2) is 4.20. The minimum Gasteiger partial charge on any atom is -0.465 e. The molecule has 0 amide bonds. The van der Waals surface area contributed by atoms with Crippen molar-refractivity contribution in [1.29, 1.82) is 0 Å². The number of rotatable bonds is 2. The quantitative estimate of drug-likeness (QED) is 0.625. The Kier molecular flexibility index (Phi) is 2.88. The highest BCUT2D eigenvalue weighted by atomic mass is 16.5. The van der Waals surface area contributed by atoms with Gasteiger partial charge in [-0.25, -0.2) is 0 Å². The fraction of sp³-hybridized carbons (Fsp3) is 0.385. The molecule has 1 N–H and O–H groups in total. The number of fused-ring (bicyclic) bond motifs is 1. The maximum absolute atomic E-state index is 12.3. The molecule has 0 aromatic heterocycles. The standard InChI is InChI=1S/C13H15NO3/c1-3-17-12(16)13(2)8-14-10-7-5-4-6-9(10)11(13)15/h4-7,14H,3,8H2,1-2H3. The smallest absolute Gasteiger partial charge is 0.321 e. The molecule has 1 unspecified atom stereocenters. The van der Waals surface area contributed by atoms with Crippen molar-refractivity contribution >= 4 is 17.4 Å². The van der Waals surface area contributed by atoms with E-state index in [4.69, 9.17) is 4.74 Å². The van der Waals surface area contributed by atoms with Crippen molar-refractivity contribution in [3.05, 3.63) is 29.8 Å². The summed E-state index contributed by atoms with van der Waals surface area (Å²) in [5.41, 5.74) is 0.207. The number of carbonyl (C=O) groups excluding carboxylic acids is 2. The van der Waals surface area contributed by atoms with E-state index in [1.54, 1.807) is 26.0 Å². The maximum atomic E-state index is 12.3. The molecule has 2 rings (SSSR count). The highest BCUT2D eigenvalue weighted by Gasteiger charge is 2.46. The summed E-state index contributed by atoms with van der Waals surface area (Å²) in [6.45, 7) is 3.91. The fourth-order valence-corrected chi connectivity index (χ4v) is 1.94. The Bertz CT molecular complexity index is 469. The van der Waals surface area contributed by atoms with Crippen molar-refractivity contribution in [2.75, 3.05) is 18.5 Å². The summed E-state index contributed by atoms with van der Waals surface area (Å²) >= 11 is 0. The van der Waals surface area contributed by atoms with Crippen LogP contribution < -0.4 is 5.32 Å². The first-order valence-corrected chi connectivity index (χ1v) is 5.64. The number of carbonyl (C=O) groups is 2. The molecule has 0 spiro atoms. The maximum Gasteiger partial charge on any atom is 0.321 e. The Morgan fingerprint density at radius 2 is 2.18 bits per heavy atom. The van der Waals surface area contributed by atoms with Crippen molar-refractivity contribution in [1.82, 2.24) is 0 Å². The number of Topliss-reactive ketones (excluding diaryl/α,β-unsaturated/α-hetero) is 1. The van der Waals surface area contributed by atoms with Crippen LogP contribution in [0.15, 0.2) is 24.3 Å². The van der Waals surface area contributed by atoms with E-state index in [-0.39, 0.29) is 18.9 Å². The molecule has 0 radical (unpaired) electrons. The van der Waals surface area contributed by atoms with Crippen LogP contribution in [0.1, 0.15) is 24.2 Å². The van der Waals surface area contributed by atoms with Gasteiger partial charge in [-0.15, -0.1) is 0 Å². The molecular formula is C13H15NO3. The third kappa shape index (κ3) is 1.79. The molecule has 1 atom stereocenters. The molecule has 1 heterocycles. The van der Waals surface area contributed by atoms with E-state index in [0.29, 0.717) is 5.56 Å². The zero-order valence-corrected chi connectivity index (χ0v) is 9.95. The van der Waals surface area contributed by atoms with Crippen molar-refractivity contribution in [3.8, 4) is 0 Å². The Morgan fingerprint density at radius 1 is 1.47 bits per heavy atom. The highest BCUT2D eigenvalue weighted by Crippen LogP contribution is 2.33. The van der Waals surface area contributed by atoms with E-state index in [1.165, 1.54) is 0 Å². The molecule has 17 heavy (non-hydrogen) atoms. The molecule has 0 saturated carbocycles. The molecule has 1 aromatic rings. The third-order valence-electron chi connectivity index (χ3n) is 3.03. The van der Waals surface area contributed by atoms with Crippen LogP contribution in [0.4, 0.5) is 5.69 Å².